The van der Waals surface area contributed by atoms with E-state index in [1.807, 2.05) is 24.5 Å². The molecule has 0 aliphatic carbocycles. The van der Waals surface area contributed by atoms with Gasteiger partial charge in [0.1, 0.15) is 5.82 Å². The quantitative estimate of drug-likeness (QED) is 0.466. The Morgan fingerprint density at radius 2 is 1.71 bits per heavy atom. The first kappa shape index (κ1) is 22.7. The molecule has 0 fully saturated rings. The fraction of sp³-hybridized carbons (Fsp3) is 0.292. The number of halogens is 1. The van der Waals surface area contributed by atoms with Crippen molar-refractivity contribution in [2.45, 2.75) is 38.0 Å². The second-order valence-corrected chi connectivity index (χ2v) is 9.48. The second-order valence-electron chi connectivity index (χ2n) is 7.47. The Kier molecular flexibility index (Phi) is 6.95. The Morgan fingerprint density at radius 3 is 2.29 bits per heavy atom. The molecule has 1 heterocycles. The largest absolute Gasteiger partial charge is 0.465 e. The minimum absolute atomic E-state index is 0.213. The second kappa shape index (κ2) is 9.47. The van der Waals surface area contributed by atoms with Crippen molar-refractivity contribution in [1.29, 1.82) is 0 Å². The molecule has 0 bridgehead atoms. The van der Waals surface area contributed by atoms with Crippen molar-refractivity contribution >= 4 is 15.8 Å². The SMILES string of the molecule is CCCC(=O)OCCc1cc(-c2ccc(S(C)(=O)=O)cc2)n(-c2ccc(F)cc2)c1C. The summed E-state index contributed by atoms with van der Waals surface area (Å²) >= 11 is 0. The molecule has 1 aromatic heterocycles. The molecule has 0 atom stereocenters. The van der Waals surface area contributed by atoms with Crippen LogP contribution in [0.2, 0.25) is 0 Å². The molecule has 0 saturated carbocycles. The maximum atomic E-state index is 13.5. The van der Waals surface area contributed by atoms with Crippen LogP contribution in [0.3, 0.4) is 0 Å². The zero-order valence-electron chi connectivity index (χ0n) is 17.9. The number of ether oxygens (including phenoxy) is 1. The molecular formula is C24H26FNO4S. The Hall–Kier alpha value is -2.93. The van der Waals surface area contributed by atoms with Gasteiger partial charge < -0.3 is 9.30 Å². The number of benzene rings is 2. The lowest BCUT2D eigenvalue weighted by molar-refractivity contribution is -0.143. The summed E-state index contributed by atoms with van der Waals surface area (Å²) in [6.07, 6.45) is 2.86. The summed E-state index contributed by atoms with van der Waals surface area (Å²) in [4.78, 5) is 11.9. The van der Waals surface area contributed by atoms with Gasteiger partial charge in [-0.2, -0.15) is 0 Å². The molecule has 3 aromatic rings. The predicted octanol–water partition coefficient (Wildman–Crippen LogP) is 4.88. The fourth-order valence-electron chi connectivity index (χ4n) is 3.47. The molecular weight excluding hydrogens is 417 g/mol. The Bertz CT molecular complexity index is 1160. The first-order valence-corrected chi connectivity index (χ1v) is 12.0. The van der Waals surface area contributed by atoms with Crippen molar-refractivity contribution in [1.82, 2.24) is 4.57 Å². The molecule has 0 aliphatic rings. The van der Waals surface area contributed by atoms with E-state index in [-0.39, 0.29) is 23.3 Å². The minimum Gasteiger partial charge on any atom is -0.465 e. The monoisotopic (exact) mass is 443 g/mol. The average Bonchev–Trinajstić information content (AvgIpc) is 3.05. The van der Waals surface area contributed by atoms with E-state index in [4.69, 9.17) is 4.74 Å². The van der Waals surface area contributed by atoms with Crippen molar-refractivity contribution in [3.05, 3.63) is 71.7 Å². The van der Waals surface area contributed by atoms with Gasteiger partial charge in [-0.3, -0.25) is 4.79 Å². The third kappa shape index (κ3) is 5.41. The van der Waals surface area contributed by atoms with Crippen molar-refractivity contribution in [3.8, 4) is 16.9 Å². The van der Waals surface area contributed by atoms with Crippen LogP contribution in [0.4, 0.5) is 4.39 Å². The molecule has 0 radical (unpaired) electrons. The summed E-state index contributed by atoms with van der Waals surface area (Å²) < 4.78 is 44.4. The fourth-order valence-corrected chi connectivity index (χ4v) is 4.10. The lowest BCUT2D eigenvalue weighted by Crippen LogP contribution is -2.07. The molecule has 7 heteroatoms. The summed E-state index contributed by atoms with van der Waals surface area (Å²) in [5, 5.41) is 0. The van der Waals surface area contributed by atoms with Crippen LogP contribution in [-0.4, -0.2) is 31.8 Å². The van der Waals surface area contributed by atoms with E-state index in [2.05, 4.69) is 0 Å². The van der Waals surface area contributed by atoms with Crippen molar-refractivity contribution in [2.75, 3.05) is 12.9 Å². The molecule has 31 heavy (non-hydrogen) atoms. The highest BCUT2D eigenvalue weighted by Crippen LogP contribution is 2.30. The van der Waals surface area contributed by atoms with Gasteiger partial charge in [-0.15, -0.1) is 0 Å². The highest BCUT2D eigenvalue weighted by atomic mass is 32.2. The summed E-state index contributed by atoms with van der Waals surface area (Å²) in [6.45, 7) is 4.16. The summed E-state index contributed by atoms with van der Waals surface area (Å²) in [6, 6.07) is 14.9. The van der Waals surface area contributed by atoms with E-state index in [1.165, 1.54) is 18.4 Å². The smallest absolute Gasteiger partial charge is 0.305 e. The van der Waals surface area contributed by atoms with Crippen LogP contribution in [0.1, 0.15) is 31.0 Å². The van der Waals surface area contributed by atoms with E-state index >= 15 is 0 Å². The van der Waals surface area contributed by atoms with Gasteiger partial charge in [-0.05, 0) is 66.9 Å². The van der Waals surface area contributed by atoms with Gasteiger partial charge in [-0.25, -0.2) is 12.8 Å². The Morgan fingerprint density at radius 1 is 1.06 bits per heavy atom. The molecule has 3 rings (SSSR count). The maximum Gasteiger partial charge on any atom is 0.305 e. The number of sulfone groups is 1. The molecule has 0 N–H and O–H groups in total. The van der Waals surface area contributed by atoms with E-state index in [0.29, 0.717) is 12.8 Å². The standard InChI is InChI=1S/C24H26FNO4S/c1-4-5-24(27)30-15-14-19-16-23(18-6-12-22(13-7-18)31(3,28)29)26(17(19)2)21-10-8-20(25)9-11-21/h6-13,16H,4-5,14-15H2,1-3H3. The highest BCUT2D eigenvalue weighted by Gasteiger charge is 2.16. The van der Waals surface area contributed by atoms with E-state index < -0.39 is 9.84 Å². The van der Waals surface area contributed by atoms with Crippen LogP contribution in [0.15, 0.2) is 59.5 Å². The summed E-state index contributed by atoms with van der Waals surface area (Å²) in [7, 11) is -3.29. The van der Waals surface area contributed by atoms with Gasteiger partial charge in [0.15, 0.2) is 9.84 Å². The number of rotatable bonds is 8. The number of aromatic nitrogens is 1. The number of esters is 1. The lowest BCUT2D eigenvalue weighted by atomic mass is 10.1. The molecule has 0 unspecified atom stereocenters. The molecule has 5 nitrogen and oxygen atoms in total. The van der Waals surface area contributed by atoms with Crippen molar-refractivity contribution in [2.24, 2.45) is 0 Å². The average molecular weight is 444 g/mol. The van der Waals surface area contributed by atoms with E-state index in [9.17, 15) is 17.6 Å². The van der Waals surface area contributed by atoms with Gasteiger partial charge in [0.2, 0.25) is 0 Å². The van der Waals surface area contributed by atoms with Crippen LogP contribution in [0, 0.1) is 12.7 Å². The van der Waals surface area contributed by atoms with E-state index in [1.54, 1.807) is 36.4 Å². The Balaban J connectivity index is 2.00. The summed E-state index contributed by atoms with van der Waals surface area (Å²) in [5.74, 6) is -0.537. The zero-order chi connectivity index (χ0) is 22.6. The van der Waals surface area contributed by atoms with Crippen LogP contribution in [0.25, 0.3) is 16.9 Å². The summed E-state index contributed by atoms with van der Waals surface area (Å²) in [5.41, 5.74) is 4.40. The van der Waals surface area contributed by atoms with Crippen LogP contribution < -0.4 is 0 Å². The topological polar surface area (TPSA) is 65.4 Å². The van der Waals surface area contributed by atoms with Crippen LogP contribution >= 0.6 is 0 Å². The third-order valence-corrected chi connectivity index (χ3v) is 6.23. The number of carbonyl (C=O) groups is 1. The number of hydrogen-bond donors (Lipinski definition) is 0. The molecule has 0 amide bonds. The molecule has 0 saturated heterocycles. The van der Waals surface area contributed by atoms with Gasteiger partial charge in [0.05, 0.1) is 17.2 Å². The predicted molar refractivity (Wildman–Crippen MR) is 119 cm³/mol. The van der Waals surface area contributed by atoms with Crippen molar-refractivity contribution in [3.63, 3.8) is 0 Å². The first-order valence-electron chi connectivity index (χ1n) is 10.1. The third-order valence-electron chi connectivity index (χ3n) is 5.10. The number of nitrogens with zero attached hydrogens (tertiary/aromatic N) is 1. The maximum absolute atomic E-state index is 13.5. The van der Waals surface area contributed by atoms with Crippen LogP contribution in [0.5, 0.6) is 0 Å². The first-order chi connectivity index (χ1) is 14.7. The zero-order valence-corrected chi connectivity index (χ0v) is 18.7. The normalized spacial score (nSPS) is 11.5. The molecule has 0 spiro atoms. The highest BCUT2D eigenvalue weighted by molar-refractivity contribution is 7.90. The Labute approximate surface area is 182 Å². The minimum atomic E-state index is -3.29. The molecule has 2 aromatic carbocycles. The van der Waals surface area contributed by atoms with Gasteiger partial charge in [0, 0.05) is 30.5 Å². The van der Waals surface area contributed by atoms with E-state index in [0.717, 1.165) is 34.6 Å². The van der Waals surface area contributed by atoms with Crippen molar-refractivity contribution < 1.29 is 22.3 Å². The van der Waals surface area contributed by atoms with Gasteiger partial charge >= 0.3 is 5.97 Å². The number of carbonyl (C=O) groups excluding carboxylic acids is 1. The van der Waals surface area contributed by atoms with Crippen LogP contribution in [-0.2, 0) is 25.8 Å². The molecule has 0 aliphatic heterocycles. The molecule has 164 valence electrons. The number of hydrogen-bond acceptors (Lipinski definition) is 4. The lowest BCUT2D eigenvalue weighted by Gasteiger charge is -2.13. The van der Waals surface area contributed by atoms with Gasteiger partial charge in [0.25, 0.3) is 0 Å². The van der Waals surface area contributed by atoms with Gasteiger partial charge in [-0.1, -0.05) is 19.1 Å².